The van der Waals surface area contributed by atoms with Gasteiger partial charge in [-0.25, -0.2) is 12.8 Å². The average Bonchev–Trinajstić information content (AvgIpc) is 2.60. The minimum absolute atomic E-state index is 0.0746. The van der Waals surface area contributed by atoms with Crippen LogP contribution < -0.4 is 10.1 Å². The molecule has 8 nitrogen and oxygen atoms in total. The van der Waals surface area contributed by atoms with Crippen LogP contribution in [-0.4, -0.2) is 31.6 Å². The first kappa shape index (κ1) is 20.2. The number of carbonyl (C=O) groups is 1. The van der Waals surface area contributed by atoms with Crippen LogP contribution >= 0.6 is 0 Å². The minimum atomic E-state index is -4.76. The highest BCUT2D eigenvalue weighted by Crippen LogP contribution is 2.27. The topological polar surface area (TPSA) is 116 Å². The third-order valence-electron chi connectivity index (χ3n) is 3.18. The molecule has 0 aliphatic rings. The molecule has 0 heterocycles. The van der Waals surface area contributed by atoms with Crippen molar-refractivity contribution in [3.05, 3.63) is 58.4 Å². The molecule has 1 amide bonds. The number of nitro benzene ring substituents is 1. The standard InChI is InChI=1S/C15H11F3N2O6S/c16-9-1-6-12(20(22)23)13(7-9)26-8-14(21)19-10-2-4-11(5-3-10)27(24,25)15(17)18/h1-7,15H,8H2,(H,19,21). The second-order valence-electron chi connectivity index (χ2n) is 5.04. The number of benzene rings is 2. The van der Waals surface area contributed by atoms with E-state index in [9.17, 15) is 36.5 Å². The summed E-state index contributed by atoms with van der Waals surface area (Å²) < 4.78 is 65.6. The Hall–Kier alpha value is -3.15. The van der Waals surface area contributed by atoms with Gasteiger partial charge in [0.1, 0.15) is 5.82 Å². The van der Waals surface area contributed by atoms with E-state index in [0.29, 0.717) is 0 Å². The quantitative estimate of drug-likeness (QED) is 0.560. The van der Waals surface area contributed by atoms with Gasteiger partial charge in [0.2, 0.25) is 15.6 Å². The van der Waals surface area contributed by atoms with Gasteiger partial charge in [0, 0.05) is 17.8 Å². The van der Waals surface area contributed by atoms with E-state index in [0.717, 1.165) is 42.5 Å². The van der Waals surface area contributed by atoms with E-state index < -0.39 is 55.2 Å². The molecule has 0 atom stereocenters. The molecule has 0 bridgehead atoms. The highest BCUT2D eigenvalue weighted by Gasteiger charge is 2.26. The first-order valence-corrected chi connectivity index (χ1v) is 8.64. The van der Waals surface area contributed by atoms with Crippen molar-refractivity contribution >= 4 is 27.1 Å². The van der Waals surface area contributed by atoms with Crippen LogP contribution in [0.3, 0.4) is 0 Å². The molecule has 0 spiro atoms. The number of amides is 1. The maximum absolute atomic E-state index is 13.2. The number of alkyl halides is 2. The molecule has 0 fully saturated rings. The Kier molecular flexibility index (Phi) is 6.00. The molecule has 2 aromatic carbocycles. The first-order chi connectivity index (χ1) is 12.6. The summed E-state index contributed by atoms with van der Waals surface area (Å²) in [6.45, 7) is -0.707. The van der Waals surface area contributed by atoms with Crippen molar-refractivity contribution < 1.29 is 36.0 Å². The van der Waals surface area contributed by atoms with Gasteiger partial charge in [-0.15, -0.1) is 0 Å². The van der Waals surface area contributed by atoms with Crippen LogP contribution in [0.5, 0.6) is 5.75 Å². The second-order valence-corrected chi connectivity index (χ2v) is 6.95. The van der Waals surface area contributed by atoms with E-state index in [1.807, 2.05) is 0 Å². The van der Waals surface area contributed by atoms with E-state index >= 15 is 0 Å². The Labute approximate surface area is 150 Å². The molecule has 27 heavy (non-hydrogen) atoms. The van der Waals surface area contributed by atoms with Crippen LogP contribution in [-0.2, 0) is 14.6 Å². The zero-order valence-corrected chi connectivity index (χ0v) is 14.1. The lowest BCUT2D eigenvalue weighted by Gasteiger charge is -2.09. The minimum Gasteiger partial charge on any atom is -0.477 e. The first-order valence-electron chi connectivity index (χ1n) is 7.10. The third kappa shape index (κ3) is 4.94. The molecule has 0 saturated carbocycles. The van der Waals surface area contributed by atoms with Crippen molar-refractivity contribution in [2.45, 2.75) is 10.7 Å². The van der Waals surface area contributed by atoms with Gasteiger partial charge in [0.05, 0.1) is 9.82 Å². The van der Waals surface area contributed by atoms with Crippen LogP contribution in [0, 0.1) is 15.9 Å². The van der Waals surface area contributed by atoms with E-state index in [2.05, 4.69) is 5.32 Å². The maximum atomic E-state index is 13.2. The highest BCUT2D eigenvalue weighted by molar-refractivity contribution is 7.91. The Morgan fingerprint density at radius 2 is 1.81 bits per heavy atom. The molecule has 0 aliphatic carbocycles. The number of ether oxygens (including phenoxy) is 1. The lowest BCUT2D eigenvalue weighted by molar-refractivity contribution is -0.385. The normalized spacial score (nSPS) is 11.3. The van der Waals surface area contributed by atoms with Crippen molar-refractivity contribution in [2.75, 3.05) is 11.9 Å². The number of sulfone groups is 1. The summed E-state index contributed by atoms with van der Waals surface area (Å²) in [4.78, 5) is 21.2. The van der Waals surface area contributed by atoms with Gasteiger partial charge >= 0.3 is 11.4 Å². The summed E-state index contributed by atoms with van der Waals surface area (Å²) in [5.41, 5.74) is -0.462. The van der Waals surface area contributed by atoms with Gasteiger partial charge in [-0.1, -0.05) is 0 Å². The van der Waals surface area contributed by atoms with Crippen molar-refractivity contribution in [1.82, 2.24) is 0 Å². The molecule has 0 aliphatic heterocycles. The number of hydrogen-bond acceptors (Lipinski definition) is 6. The molecule has 0 aromatic heterocycles. The van der Waals surface area contributed by atoms with Crippen molar-refractivity contribution in [2.24, 2.45) is 0 Å². The second kappa shape index (κ2) is 8.03. The smallest absolute Gasteiger partial charge is 0.341 e. The van der Waals surface area contributed by atoms with Crippen molar-refractivity contribution in [1.29, 1.82) is 0 Å². The van der Waals surface area contributed by atoms with Gasteiger partial charge in [-0.2, -0.15) is 8.78 Å². The predicted octanol–water partition coefficient (Wildman–Crippen LogP) is 2.75. The van der Waals surface area contributed by atoms with Crippen molar-refractivity contribution in [3.8, 4) is 5.75 Å². The Morgan fingerprint density at radius 3 is 2.37 bits per heavy atom. The van der Waals surface area contributed by atoms with Crippen molar-refractivity contribution in [3.63, 3.8) is 0 Å². The number of rotatable bonds is 7. The number of nitrogens with one attached hydrogen (secondary N) is 1. The number of nitrogens with zero attached hydrogens (tertiary/aromatic N) is 1. The van der Waals surface area contributed by atoms with Crippen LogP contribution in [0.25, 0.3) is 0 Å². The molecule has 2 aromatic rings. The summed E-state index contributed by atoms with van der Waals surface area (Å²) in [5.74, 6) is -5.62. The molecule has 0 radical (unpaired) electrons. The SMILES string of the molecule is O=C(COc1cc(F)ccc1[N+](=O)[O-])Nc1ccc(S(=O)(=O)C(F)F)cc1. The highest BCUT2D eigenvalue weighted by atomic mass is 32.2. The Balaban J connectivity index is 2.03. The molecule has 12 heteroatoms. The van der Waals surface area contributed by atoms with Crippen LogP contribution in [0.2, 0.25) is 0 Å². The fourth-order valence-corrected chi connectivity index (χ4v) is 2.65. The maximum Gasteiger partial charge on any atom is 0.341 e. The number of anilines is 1. The number of nitro groups is 1. The molecule has 0 unspecified atom stereocenters. The zero-order chi connectivity index (χ0) is 20.2. The number of halogens is 3. The number of carbonyl (C=O) groups excluding carboxylic acids is 1. The van der Waals surface area contributed by atoms with Crippen LogP contribution in [0.15, 0.2) is 47.4 Å². The molecular weight excluding hydrogens is 393 g/mol. The third-order valence-corrected chi connectivity index (χ3v) is 4.58. The van der Waals surface area contributed by atoms with Crippen LogP contribution in [0.4, 0.5) is 24.5 Å². The summed E-state index contributed by atoms with van der Waals surface area (Å²) in [7, 11) is -4.76. The lowest BCUT2D eigenvalue weighted by atomic mass is 10.3. The fourth-order valence-electron chi connectivity index (χ4n) is 1.93. The van der Waals surface area contributed by atoms with Gasteiger partial charge in [-0.05, 0) is 30.3 Å². The molecule has 0 saturated heterocycles. The summed E-state index contributed by atoms with van der Waals surface area (Å²) in [5, 5.41) is 13.1. The summed E-state index contributed by atoms with van der Waals surface area (Å²) in [6, 6.07) is 6.42. The average molecular weight is 404 g/mol. The zero-order valence-electron chi connectivity index (χ0n) is 13.3. The van der Waals surface area contributed by atoms with Gasteiger partial charge in [0.25, 0.3) is 5.91 Å². The molecular formula is C15H11F3N2O6S. The number of hydrogen-bond donors (Lipinski definition) is 1. The van der Waals surface area contributed by atoms with E-state index in [1.165, 1.54) is 0 Å². The Bertz CT molecular complexity index is 964. The van der Waals surface area contributed by atoms with E-state index in [-0.39, 0.29) is 5.69 Å². The fraction of sp³-hybridized carbons (Fsp3) is 0.133. The van der Waals surface area contributed by atoms with E-state index in [4.69, 9.17) is 4.74 Å². The van der Waals surface area contributed by atoms with Crippen LogP contribution in [0.1, 0.15) is 0 Å². The largest absolute Gasteiger partial charge is 0.477 e. The summed E-state index contributed by atoms with van der Waals surface area (Å²) in [6.07, 6.45) is 0. The molecule has 144 valence electrons. The predicted molar refractivity (Wildman–Crippen MR) is 86.8 cm³/mol. The van der Waals surface area contributed by atoms with Gasteiger partial charge in [-0.3, -0.25) is 14.9 Å². The summed E-state index contributed by atoms with van der Waals surface area (Å²) >= 11 is 0. The van der Waals surface area contributed by atoms with Gasteiger partial charge in [0.15, 0.2) is 6.61 Å². The Morgan fingerprint density at radius 1 is 1.19 bits per heavy atom. The van der Waals surface area contributed by atoms with E-state index in [1.54, 1.807) is 0 Å². The van der Waals surface area contributed by atoms with Gasteiger partial charge < -0.3 is 10.1 Å². The molecule has 2 rings (SSSR count). The lowest BCUT2D eigenvalue weighted by Crippen LogP contribution is -2.20. The monoisotopic (exact) mass is 404 g/mol. The molecule has 1 N–H and O–H groups in total.